The van der Waals surface area contributed by atoms with E-state index in [-0.39, 0.29) is 16.9 Å². The molecule has 7 heteroatoms. The van der Waals surface area contributed by atoms with Crippen LogP contribution in [0.4, 0.5) is 10.5 Å². The average molecular weight is 443 g/mol. The van der Waals surface area contributed by atoms with Crippen molar-refractivity contribution < 1.29 is 14.3 Å². The first-order chi connectivity index (χ1) is 15.3. The van der Waals surface area contributed by atoms with Gasteiger partial charge in [-0.05, 0) is 56.4 Å². The Labute approximate surface area is 192 Å². The average Bonchev–Trinajstić information content (AvgIpc) is 3.25. The van der Waals surface area contributed by atoms with Gasteiger partial charge in [-0.25, -0.2) is 4.79 Å². The number of nitrogens with zero attached hydrogens (tertiary/aromatic N) is 3. The summed E-state index contributed by atoms with van der Waals surface area (Å²) in [5.74, 6) is 1.70. The Hall–Kier alpha value is -2.28. The number of likely N-dealkylation sites (tertiary alicyclic amines) is 3. The Bertz CT molecular complexity index is 832. The van der Waals surface area contributed by atoms with Crippen molar-refractivity contribution in [3.63, 3.8) is 0 Å². The fraction of sp³-hybridized carbons (Fsp3) is 0.680. The highest BCUT2D eigenvalue weighted by Crippen LogP contribution is 2.57. The Morgan fingerprint density at radius 2 is 1.78 bits per heavy atom. The molecule has 0 aliphatic carbocycles. The molecule has 3 aliphatic rings. The first-order valence-electron chi connectivity index (χ1n) is 12.0. The van der Waals surface area contributed by atoms with Gasteiger partial charge in [0, 0.05) is 56.9 Å². The number of piperidine rings is 1. The molecule has 1 aromatic rings. The highest BCUT2D eigenvalue weighted by molar-refractivity contribution is 5.90. The number of anilines is 1. The number of carbonyl (C=O) groups is 2. The van der Waals surface area contributed by atoms with Crippen LogP contribution in [-0.2, 0) is 4.79 Å². The van der Waals surface area contributed by atoms with Crippen LogP contribution < -0.4 is 10.1 Å². The minimum atomic E-state index is -0.281. The number of carbonyl (C=O) groups excluding carboxylic acids is 2. The molecule has 4 rings (SSSR count). The molecule has 1 atom stereocenters. The second kappa shape index (κ2) is 8.93. The predicted octanol–water partition coefficient (Wildman–Crippen LogP) is 3.52. The first kappa shape index (κ1) is 22.9. The number of methoxy groups -OCH3 is 1. The van der Waals surface area contributed by atoms with Gasteiger partial charge in [-0.3, -0.25) is 4.79 Å². The summed E-state index contributed by atoms with van der Waals surface area (Å²) in [6, 6.07) is 7.34. The van der Waals surface area contributed by atoms with Crippen LogP contribution in [0.3, 0.4) is 0 Å². The summed E-state index contributed by atoms with van der Waals surface area (Å²) in [4.78, 5) is 33.0. The predicted molar refractivity (Wildman–Crippen MR) is 126 cm³/mol. The number of fused-ring (bicyclic) bond motifs is 1. The van der Waals surface area contributed by atoms with Crippen molar-refractivity contribution in [3.8, 4) is 5.75 Å². The second-order valence-electron chi connectivity index (χ2n) is 10.2. The lowest BCUT2D eigenvalue weighted by atomic mass is 9.60. The standard InChI is InChI=1S/C25H38N4O3/c1-5-28-15-12-25(22(28)30)18-27(16-19(2)3)17-24(25)10-13-29(14-11-24)23(31)26-20-6-8-21(32-4)9-7-20/h6-9,19H,5,10-18H2,1-4H3,(H,26,31)/t25-/m1/s1. The zero-order chi connectivity index (χ0) is 22.9. The molecule has 0 aromatic heterocycles. The van der Waals surface area contributed by atoms with E-state index in [9.17, 15) is 9.59 Å². The monoisotopic (exact) mass is 442 g/mol. The third kappa shape index (κ3) is 3.96. The van der Waals surface area contributed by atoms with E-state index < -0.39 is 0 Å². The summed E-state index contributed by atoms with van der Waals surface area (Å²) in [5.41, 5.74) is 0.456. The zero-order valence-electron chi connectivity index (χ0n) is 20.0. The number of nitrogens with one attached hydrogen (secondary N) is 1. The molecule has 176 valence electrons. The van der Waals surface area contributed by atoms with E-state index >= 15 is 0 Å². The first-order valence-corrected chi connectivity index (χ1v) is 12.0. The van der Waals surface area contributed by atoms with E-state index in [0.29, 0.717) is 24.9 Å². The smallest absolute Gasteiger partial charge is 0.321 e. The van der Waals surface area contributed by atoms with E-state index in [2.05, 4.69) is 31.0 Å². The number of hydrogen-bond acceptors (Lipinski definition) is 4. The molecule has 32 heavy (non-hydrogen) atoms. The third-order valence-corrected chi connectivity index (χ3v) is 7.89. The van der Waals surface area contributed by atoms with Gasteiger partial charge in [-0.2, -0.15) is 0 Å². The van der Waals surface area contributed by atoms with Gasteiger partial charge in [0.1, 0.15) is 5.75 Å². The number of ether oxygens (including phenoxy) is 1. The minimum absolute atomic E-state index is 0.0280. The maximum absolute atomic E-state index is 13.6. The summed E-state index contributed by atoms with van der Waals surface area (Å²) >= 11 is 0. The number of benzene rings is 1. The Kier molecular flexibility index (Phi) is 6.39. The summed E-state index contributed by atoms with van der Waals surface area (Å²) in [6.07, 6.45) is 2.73. The molecule has 7 nitrogen and oxygen atoms in total. The molecule has 0 radical (unpaired) electrons. The van der Waals surface area contributed by atoms with Gasteiger partial charge in [0.15, 0.2) is 0 Å². The third-order valence-electron chi connectivity index (χ3n) is 7.89. The topological polar surface area (TPSA) is 65.1 Å². The lowest BCUT2D eigenvalue weighted by Crippen LogP contribution is -2.54. The van der Waals surface area contributed by atoms with Crippen LogP contribution in [0.25, 0.3) is 0 Å². The number of hydrogen-bond donors (Lipinski definition) is 1. The van der Waals surface area contributed by atoms with Gasteiger partial charge in [-0.1, -0.05) is 13.8 Å². The summed E-state index contributed by atoms with van der Waals surface area (Å²) in [6.45, 7) is 12.5. The maximum atomic E-state index is 13.6. The van der Waals surface area contributed by atoms with Gasteiger partial charge >= 0.3 is 6.03 Å². The summed E-state index contributed by atoms with van der Waals surface area (Å²) in [5, 5.41) is 3.01. The van der Waals surface area contributed by atoms with Crippen molar-refractivity contribution in [2.75, 3.05) is 58.2 Å². The molecule has 3 saturated heterocycles. The molecular weight excluding hydrogens is 404 g/mol. The quantitative estimate of drug-likeness (QED) is 0.758. The fourth-order valence-corrected chi connectivity index (χ4v) is 6.26. The largest absolute Gasteiger partial charge is 0.497 e. The minimum Gasteiger partial charge on any atom is -0.497 e. The molecule has 0 saturated carbocycles. The number of rotatable bonds is 5. The van der Waals surface area contributed by atoms with Crippen LogP contribution in [0, 0.1) is 16.7 Å². The molecule has 1 aromatic carbocycles. The van der Waals surface area contributed by atoms with Crippen LogP contribution in [-0.4, -0.2) is 79.6 Å². The fourth-order valence-electron chi connectivity index (χ4n) is 6.26. The van der Waals surface area contributed by atoms with E-state index in [1.165, 1.54) is 0 Å². The van der Waals surface area contributed by atoms with Crippen LogP contribution in [0.5, 0.6) is 5.75 Å². The highest BCUT2D eigenvalue weighted by atomic mass is 16.5. The van der Waals surface area contributed by atoms with Gasteiger partial charge in [0.2, 0.25) is 5.91 Å². The molecular formula is C25H38N4O3. The van der Waals surface area contributed by atoms with Crippen molar-refractivity contribution in [3.05, 3.63) is 24.3 Å². The molecule has 3 aliphatic heterocycles. The van der Waals surface area contributed by atoms with Crippen LogP contribution in [0.15, 0.2) is 24.3 Å². The lowest BCUT2D eigenvalue weighted by Gasteiger charge is -2.47. The van der Waals surface area contributed by atoms with Crippen molar-refractivity contribution in [2.45, 2.75) is 40.0 Å². The van der Waals surface area contributed by atoms with Crippen LogP contribution in [0.2, 0.25) is 0 Å². The van der Waals surface area contributed by atoms with Crippen molar-refractivity contribution in [1.82, 2.24) is 14.7 Å². The molecule has 0 bridgehead atoms. The molecule has 2 spiro atoms. The van der Waals surface area contributed by atoms with Crippen molar-refractivity contribution >= 4 is 17.6 Å². The van der Waals surface area contributed by atoms with E-state index in [0.717, 1.165) is 63.4 Å². The Balaban J connectivity index is 1.46. The Morgan fingerprint density at radius 3 is 2.34 bits per heavy atom. The van der Waals surface area contributed by atoms with Gasteiger partial charge < -0.3 is 24.8 Å². The van der Waals surface area contributed by atoms with E-state index in [1.54, 1.807) is 7.11 Å². The van der Waals surface area contributed by atoms with Gasteiger partial charge in [0.05, 0.1) is 12.5 Å². The summed E-state index contributed by atoms with van der Waals surface area (Å²) < 4.78 is 5.19. The molecule has 1 N–H and O–H groups in total. The zero-order valence-corrected chi connectivity index (χ0v) is 20.0. The lowest BCUT2D eigenvalue weighted by molar-refractivity contribution is -0.141. The highest BCUT2D eigenvalue weighted by Gasteiger charge is 2.64. The van der Waals surface area contributed by atoms with Crippen LogP contribution in [0.1, 0.15) is 40.0 Å². The van der Waals surface area contributed by atoms with Crippen molar-refractivity contribution in [2.24, 2.45) is 16.7 Å². The van der Waals surface area contributed by atoms with E-state index in [1.807, 2.05) is 34.1 Å². The number of amides is 3. The molecule has 3 fully saturated rings. The van der Waals surface area contributed by atoms with Crippen molar-refractivity contribution in [1.29, 1.82) is 0 Å². The molecule has 3 heterocycles. The number of urea groups is 1. The van der Waals surface area contributed by atoms with E-state index in [4.69, 9.17) is 4.74 Å². The normalized spacial score (nSPS) is 25.3. The Morgan fingerprint density at radius 1 is 1.09 bits per heavy atom. The van der Waals surface area contributed by atoms with Crippen LogP contribution >= 0.6 is 0 Å². The van der Waals surface area contributed by atoms with Gasteiger partial charge in [-0.15, -0.1) is 0 Å². The molecule has 0 unspecified atom stereocenters. The summed E-state index contributed by atoms with van der Waals surface area (Å²) in [7, 11) is 1.63. The van der Waals surface area contributed by atoms with Gasteiger partial charge in [0.25, 0.3) is 0 Å². The SMILES string of the molecule is CCN1CC[C@@]2(CN(CC(C)C)CC23CCN(C(=O)Nc2ccc(OC)cc2)CC3)C1=O. The molecule has 3 amide bonds. The second-order valence-corrected chi connectivity index (χ2v) is 10.2. The maximum Gasteiger partial charge on any atom is 0.321 e.